The van der Waals surface area contributed by atoms with Crippen molar-refractivity contribution in [2.45, 2.75) is 19.7 Å². The van der Waals surface area contributed by atoms with Gasteiger partial charge in [-0.05, 0) is 12.1 Å². The second kappa shape index (κ2) is 7.38. The van der Waals surface area contributed by atoms with Crippen molar-refractivity contribution in [3.05, 3.63) is 52.4 Å². The zero-order valence-corrected chi connectivity index (χ0v) is 14.4. The van der Waals surface area contributed by atoms with Gasteiger partial charge in [0, 0.05) is 42.7 Å². The number of hydrogen-bond acceptors (Lipinski definition) is 6. The summed E-state index contributed by atoms with van der Waals surface area (Å²) in [5.41, 5.74) is 2.31. The van der Waals surface area contributed by atoms with Crippen LogP contribution in [0, 0.1) is 11.7 Å². The van der Waals surface area contributed by atoms with Crippen LogP contribution in [-0.4, -0.2) is 33.1 Å². The fourth-order valence-electron chi connectivity index (χ4n) is 2.95. The quantitative estimate of drug-likeness (QED) is 0.758. The highest BCUT2D eigenvalue weighted by molar-refractivity contribution is 7.09. The minimum atomic E-state index is -0.280. The van der Waals surface area contributed by atoms with Gasteiger partial charge in [-0.15, -0.1) is 16.4 Å². The van der Waals surface area contributed by atoms with Crippen LogP contribution in [-0.2, 0) is 24.4 Å². The average Bonchev–Trinajstić information content (AvgIpc) is 3.21. The molecule has 0 saturated carbocycles. The Kier molecular flexibility index (Phi) is 4.82. The third-order valence-electron chi connectivity index (χ3n) is 4.15. The molecular weight excluding hydrogens is 341 g/mol. The summed E-state index contributed by atoms with van der Waals surface area (Å²) in [5, 5.41) is 15.0. The molecule has 1 unspecified atom stereocenters. The maximum atomic E-state index is 13.5. The normalized spacial score (nSPS) is 17.2. The molecule has 0 aliphatic carbocycles. The van der Waals surface area contributed by atoms with Crippen molar-refractivity contribution >= 4 is 11.3 Å². The van der Waals surface area contributed by atoms with Gasteiger partial charge in [-0.25, -0.2) is 14.1 Å². The van der Waals surface area contributed by atoms with Crippen molar-refractivity contribution in [1.29, 1.82) is 0 Å². The number of halogens is 1. The molecule has 1 aromatic carbocycles. The fourth-order valence-corrected chi connectivity index (χ4v) is 3.53. The van der Waals surface area contributed by atoms with Crippen LogP contribution in [0.1, 0.15) is 10.7 Å². The van der Waals surface area contributed by atoms with Crippen LogP contribution >= 0.6 is 11.3 Å². The summed E-state index contributed by atoms with van der Waals surface area (Å²) < 4.78 is 21.2. The van der Waals surface area contributed by atoms with Gasteiger partial charge in [-0.1, -0.05) is 17.3 Å². The lowest BCUT2D eigenvalue weighted by molar-refractivity contribution is 0.0941. The van der Waals surface area contributed by atoms with Crippen molar-refractivity contribution in [1.82, 2.24) is 25.3 Å². The molecule has 130 valence electrons. The first-order valence-corrected chi connectivity index (χ1v) is 9.02. The molecule has 1 atom stereocenters. The number of hydrogen-bond donors (Lipinski definition) is 1. The molecule has 25 heavy (non-hydrogen) atoms. The lowest BCUT2D eigenvalue weighted by Gasteiger charge is -2.14. The molecule has 6 nitrogen and oxygen atoms in total. The fraction of sp³-hybridized carbons (Fsp3) is 0.353. The molecule has 1 aliphatic heterocycles. The summed E-state index contributed by atoms with van der Waals surface area (Å²) in [7, 11) is 0. The number of rotatable bonds is 5. The molecule has 3 aromatic rings. The molecule has 0 radical (unpaired) electrons. The smallest absolute Gasteiger partial charge is 0.123 e. The highest BCUT2D eigenvalue weighted by atomic mass is 32.1. The maximum absolute atomic E-state index is 13.5. The van der Waals surface area contributed by atoms with E-state index < -0.39 is 0 Å². The maximum Gasteiger partial charge on any atom is 0.123 e. The monoisotopic (exact) mass is 359 g/mol. The van der Waals surface area contributed by atoms with Crippen molar-refractivity contribution in [3.63, 3.8) is 0 Å². The molecule has 0 saturated heterocycles. The highest BCUT2D eigenvalue weighted by Crippen LogP contribution is 2.25. The van der Waals surface area contributed by atoms with Crippen LogP contribution in [0.2, 0.25) is 0 Å². The molecule has 0 amide bonds. The molecule has 3 heterocycles. The van der Waals surface area contributed by atoms with Gasteiger partial charge in [-0.3, -0.25) is 0 Å². The van der Waals surface area contributed by atoms with Crippen molar-refractivity contribution in [2.24, 2.45) is 5.92 Å². The van der Waals surface area contributed by atoms with Crippen molar-refractivity contribution in [2.75, 3.05) is 13.2 Å². The zero-order chi connectivity index (χ0) is 17.1. The van der Waals surface area contributed by atoms with Gasteiger partial charge in [0.2, 0.25) is 0 Å². The zero-order valence-electron chi connectivity index (χ0n) is 13.6. The number of benzene rings is 1. The topological polar surface area (TPSA) is 64.9 Å². The van der Waals surface area contributed by atoms with Gasteiger partial charge in [0.1, 0.15) is 16.5 Å². The Morgan fingerprint density at radius 3 is 3.20 bits per heavy atom. The molecule has 0 fully saturated rings. The van der Waals surface area contributed by atoms with E-state index in [1.807, 2.05) is 22.3 Å². The molecule has 0 bridgehead atoms. The third-order valence-corrected chi connectivity index (χ3v) is 4.93. The summed E-state index contributed by atoms with van der Waals surface area (Å²) in [6, 6.07) is 6.42. The first-order valence-electron chi connectivity index (χ1n) is 8.15. The molecule has 0 spiro atoms. The molecule has 8 heteroatoms. The van der Waals surface area contributed by atoms with Crippen LogP contribution in [0.5, 0.6) is 0 Å². The first kappa shape index (κ1) is 16.3. The van der Waals surface area contributed by atoms with E-state index in [9.17, 15) is 4.39 Å². The Labute approximate surface area is 148 Å². The number of nitrogens with zero attached hydrogens (tertiary/aromatic N) is 4. The molecule has 1 N–H and O–H groups in total. The minimum Gasteiger partial charge on any atom is -0.375 e. The number of ether oxygens (including phenoxy) is 1. The van der Waals surface area contributed by atoms with Crippen LogP contribution < -0.4 is 5.32 Å². The Hall–Kier alpha value is -2.16. The highest BCUT2D eigenvalue weighted by Gasteiger charge is 2.22. The lowest BCUT2D eigenvalue weighted by atomic mass is 10.1. The van der Waals surface area contributed by atoms with Crippen LogP contribution in [0.3, 0.4) is 0 Å². The molecular formula is C17H18FN5OS. The van der Waals surface area contributed by atoms with Crippen LogP contribution in [0.15, 0.2) is 35.8 Å². The summed E-state index contributed by atoms with van der Waals surface area (Å²) in [4.78, 5) is 4.26. The largest absolute Gasteiger partial charge is 0.375 e. The van der Waals surface area contributed by atoms with Crippen molar-refractivity contribution in [3.8, 4) is 11.3 Å². The van der Waals surface area contributed by atoms with Gasteiger partial charge < -0.3 is 10.1 Å². The second-order valence-corrected chi connectivity index (χ2v) is 6.99. The Morgan fingerprint density at radius 1 is 1.40 bits per heavy atom. The second-order valence-electron chi connectivity index (χ2n) is 6.02. The molecule has 1 aliphatic rings. The van der Waals surface area contributed by atoms with E-state index in [0.29, 0.717) is 24.8 Å². The molecule has 4 rings (SSSR count). The van der Waals surface area contributed by atoms with Gasteiger partial charge >= 0.3 is 0 Å². The summed E-state index contributed by atoms with van der Waals surface area (Å²) in [6.07, 6.45) is 1.81. The Bertz CT molecular complexity index is 835. The van der Waals surface area contributed by atoms with Crippen molar-refractivity contribution < 1.29 is 9.13 Å². The van der Waals surface area contributed by atoms with E-state index in [4.69, 9.17) is 4.74 Å². The number of fused-ring (bicyclic) bond motifs is 1. The predicted molar refractivity (Wildman–Crippen MR) is 92.4 cm³/mol. The van der Waals surface area contributed by atoms with E-state index in [1.54, 1.807) is 17.4 Å². The van der Waals surface area contributed by atoms with Crippen LogP contribution in [0.25, 0.3) is 11.3 Å². The summed E-state index contributed by atoms with van der Waals surface area (Å²) in [6.45, 7) is 3.38. The van der Waals surface area contributed by atoms with E-state index in [2.05, 4.69) is 20.6 Å². The molecule has 2 aromatic heterocycles. The van der Waals surface area contributed by atoms with E-state index in [0.717, 1.165) is 35.9 Å². The van der Waals surface area contributed by atoms with Gasteiger partial charge in [0.25, 0.3) is 0 Å². The van der Waals surface area contributed by atoms with Crippen LogP contribution in [0.4, 0.5) is 4.39 Å². The summed E-state index contributed by atoms with van der Waals surface area (Å²) >= 11 is 1.64. The van der Waals surface area contributed by atoms with Gasteiger partial charge in [0.05, 0.1) is 18.9 Å². The van der Waals surface area contributed by atoms with E-state index >= 15 is 0 Å². The lowest BCUT2D eigenvalue weighted by Crippen LogP contribution is -2.28. The third kappa shape index (κ3) is 3.76. The summed E-state index contributed by atoms with van der Waals surface area (Å²) in [5.74, 6) is 0.0151. The average molecular weight is 359 g/mol. The SMILES string of the molecule is Fc1cccc(-c2nnn3c2COCC(CNCc2nccs2)C3)c1. The number of nitrogens with one attached hydrogen (secondary N) is 1. The van der Waals surface area contributed by atoms with Gasteiger partial charge in [0.15, 0.2) is 0 Å². The Balaban J connectivity index is 1.44. The number of thiazole rings is 1. The van der Waals surface area contributed by atoms with Gasteiger partial charge in [-0.2, -0.15) is 0 Å². The standard InChI is InChI=1S/C17H18FN5OS/c18-14-3-1-2-13(6-14)17-15-11-24-10-12(9-23(15)22-21-17)7-19-8-16-20-4-5-25-16/h1-6,12,19H,7-11H2. The Morgan fingerprint density at radius 2 is 2.36 bits per heavy atom. The predicted octanol–water partition coefficient (Wildman–Crippen LogP) is 2.48. The van der Waals surface area contributed by atoms with E-state index in [-0.39, 0.29) is 5.82 Å². The number of aromatic nitrogens is 4. The first-order chi connectivity index (χ1) is 12.3. The minimum absolute atomic E-state index is 0.280. The van der Waals surface area contributed by atoms with E-state index in [1.165, 1.54) is 12.1 Å².